The Hall–Kier alpha value is -2.09. The minimum Gasteiger partial charge on any atom is -0.367 e. The predicted octanol–water partition coefficient (Wildman–Crippen LogP) is 1.52. The van der Waals surface area contributed by atoms with Crippen LogP contribution in [0.4, 0.5) is 5.82 Å². The highest BCUT2D eigenvalue weighted by atomic mass is 16.1. The first-order valence-electron chi connectivity index (χ1n) is 7.22. The Labute approximate surface area is 118 Å². The van der Waals surface area contributed by atoms with Gasteiger partial charge in [0.2, 0.25) is 5.91 Å². The summed E-state index contributed by atoms with van der Waals surface area (Å²) in [5.41, 5.74) is 2.94. The summed E-state index contributed by atoms with van der Waals surface area (Å²) in [5, 5.41) is 15.4. The number of amides is 1. The van der Waals surface area contributed by atoms with Gasteiger partial charge in [-0.15, -0.1) is 0 Å². The summed E-state index contributed by atoms with van der Waals surface area (Å²) in [4.78, 5) is 15.8. The number of fused-ring (bicyclic) bond motifs is 1. The van der Waals surface area contributed by atoms with Gasteiger partial charge >= 0.3 is 0 Å². The largest absolute Gasteiger partial charge is 0.367 e. The van der Waals surface area contributed by atoms with E-state index < -0.39 is 0 Å². The molecule has 1 amide bonds. The maximum Gasteiger partial charge on any atom is 0.220 e. The third kappa shape index (κ3) is 2.60. The van der Waals surface area contributed by atoms with E-state index in [4.69, 9.17) is 0 Å². The second-order valence-corrected chi connectivity index (χ2v) is 5.49. The molecule has 1 unspecified atom stereocenters. The highest BCUT2D eigenvalue weighted by Crippen LogP contribution is 2.24. The molecule has 2 aliphatic rings. The third-order valence-electron chi connectivity index (χ3n) is 4.02. The van der Waals surface area contributed by atoms with Crippen LogP contribution in [-0.4, -0.2) is 23.5 Å². The van der Waals surface area contributed by atoms with Crippen LogP contribution >= 0.6 is 0 Å². The lowest BCUT2D eigenvalue weighted by Gasteiger charge is -2.18. The Bertz CT molecular complexity index is 576. The molecule has 5 heteroatoms. The quantitative estimate of drug-likeness (QED) is 0.873. The Balaban J connectivity index is 1.75. The van der Waals surface area contributed by atoms with Crippen molar-refractivity contribution in [3.05, 3.63) is 22.9 Å². The smallest absolute Gasteiger partial charge is 0.220 e. The molecule has 0 spiro atoms. The lowest BCUT2D eigenvalue weighted by molar-refractivity contribution is -0.119. The molecule has 5 nitrogen and oxygen atoms in total. The van der Waals surface area contributed by atoms with Crippen molar-refractivity contribution < 1.29 is 4.79 Å². The molecule has 3 rings (SSSR count). The van der Waals surface area contributed by atoms with Crippen molar-refractivity contribution in [3.8, 4) is 6.07 Å². The van der Waals surface area contributed by atoms with E-state index >= 15 is 0 Å². The number of hydrogen-bond donors (Lipinski definition) is 2. The second kappa shape index (κ2) is 5.49. The predicted molar refractivity (Wildman–Crippen MR) is 75.2 cm³/mol. The average Bonchev–Trinajstić information content (AvgIpc) is 2.89. The van der Waals surface area contributed by atoms with E-state index in [2.05, 4.69) is 21.7 Å². The van der Waals surface area contributed by atoms with E-state index in [0.717, 1.165) is 25.0 Å². The van der Waals surface area contributed by atoms with Gasteiger partial charge in [-0.1, -0.05) is 0 Å². The van der Waals surface area contributed by atoms with Crippen LogP contribution in [0.5, 0.6) is 0 Å². The molecule has 2 N–H and O–H groups in total. The molecule has 104 valence electrons. The first kappa shape index (κ1) is 12.9. The van der Waals surface area contributed by atoms with Crippen LogP contribution in [0.25, 0.3) is 0 Å². The standard InChI is InChI=1S/C15H18N4O/c16-8-11-7-10-3-1-2-4-13(10)19-15(11)17-9-12-5-6-14(20)18-12/h7,12H,1-6,9H2,(H,17,19)(H,18,20). The number of carbonyl (C=O) groups excluding carboxylic acids is 1. The molecule has 2 heterocycles. The maximum absolute atomic E-state index is 11.2. The molecule has 1 saturated heterocycles. The molecule has 1 aromatic heterocycles. The number of rotatable bonds is 3. The molecule has 20 heavy (non-hydrogen) atoms. The Kier molecular flexibility index (Phi) is 3.55. The van der Waals surface area contributed by atoms with E-state index in [1.807, 2.05) is 6.07 Å². The Morgan fingerprint density at radius 3 is 3.00 bits per heavy atom. The van der Waals surface area contributed by atoms with E-state index in [1.165, 1.54) is 18.4 Å². The van der Waals surface area contributed by atoms with Crippen molar-refractivity contribution in [1.82, 2.24) is 10.3 Å². The summed E-state index contributed by atoms with van der Waals surface area (Å²) in [5.74, 6) is 0.769. The summed E-state index contributed by atoms with van der Waals surface area (Å²) in [6.45, 7) is 0.631. The first-order chi connectivity index (χ1) is 9.76. The molecular formula is C15H18N4O. The molecular weight excluding hydrogens is 252 g/mol. The van der Waals surface area contributed by atoms with Gasteiger partial charge in [-0.05, 0) is 43.7 Å². The number of nitrogens with zero attached hydrogens (tertiary/aromatic N) is 2. The first-order valence-corrected chi connectivity index (χ1v) is 7.22. The number of nitriles is 1. The number of anilines is 1. The van der Waals surface area contributed by atoms with Crippen LogP contribution < -0.4 is 10.6 Å². The summed E-state index contributed by atoms with van der Waals surface area (Å²) in [7, 11) is 0. The van der Waals surface area contributed by atoms with Gasteiger partial charge in [-0.2, -0.15) is 5.26 Å². The summed E-state index contributed by atoms with van der Waals surface area (Å²) < 4.78 is 0. The molecule has 1 fully saturated rings. The van der Waals surface area contributed by atoms with Crippen LogP contribution in [-0.2, 0) is 17.6 Å². The van der Waals surface area contributed by atoms with Crippen LogP contribution in [0.3, 0.4) is 0 Å². The minimum atomic E-state index is 0.107. The van der Waals surface area contributed by atoms with Gasteiger partial charge in [0.1, 0.15) is 11.9 Å². The zero-order valence-corrected chi connectivity index (χ0v) is 11.4. The van der Waals surface area contributed by atoms with Gasteiger partial charge in [0, 0.05) is 24.7 Å². The number of hydrogen-bond acceptors (Lipinski definition) is 4. The molecule has 1 aliphatic carbocycles. The average molecular weight is 270 g/mol. The Morgan fingerprint density at radius 1 is 1.40 bits per heavy atom. The fourth-order valence-electron chi connectivity index (χ4n) is 2.90. The zero-order valence-electron chi connectivity index (χ0n) is 11.4. The SMILES string of the molecule is N#Cc1cc2c(nc1NCC1CCC(=O)N1)CCCC2. The molecule has 1 aromatic rings. The Morgan fingerprint density at radius 2 is 2.25 bits per heavy atom. The van der Waals surface area contributed by atoms with Gasteiger partial charge in [0.25, 0.3) is 0 Å². The molecule has 0 bridgehead atoms. The number of aromatic nitrogens is 1. The van der Waals surface area contributed by atoms with E-state index in [-0.39, 0.29) is 11.9 Å². The van der Waals surface area contributed by atoms with Crippen LogP contribution in [0.15, 0.2) is 6.07 Å². The number of aryl methyl sites for hydroxylation is 2. The number of nitrogens with one attached hydrogen (secondary N) is 2. The van der Waals surface area contributed by atoms with Crippen molar-refractivity contribution >= 4 is 11.7 Å². The van der Waals surface area contributed by atoms with Gasteiger partial charge in [-0.25, -0.2) is 4.98 Å². The second-order valence-electron chi connectivity index (χ2n) is 5.49. The topological polar surface area (TPSA) is 77.8 Å². The van der Waals surface area contributed by atoms with Crippen molar-refractivity contribution in [3.63, 3.8) is 0 Å². The highest BCUT2D eigenvalue weighted by molar-refractivity contribution is 5.78. The van der Waals surface area contributed by atoms with Crippen molar-refractivity contribution in [2.75, 3.05) is 11.9 Å². The van der Waals surface area contributed by atoms with E-state index in [9.17, 15) is 10.1 Å². The van der Waals surface area contributed by atoms with E-state index in [1.54, 1.807) is 0 Å². The summed E-state index contributed by atoms with van der Waals surface area (Å²) in [6.07, 6.45) is 5.81. The van der Waals surface area contributed by atoms with Crippen LogP contribution in [0.2, 0.25) is 0 Å². The minimum absolute atomic E-state index is 0.107. The summed E-state index contributed by atoms with van der Waals surface area (Å²) in [6, 6.07) is 4.33. The normalized spacial score (nSPS) is 20.9. The number of carbonyl (C=O) groups is 1. The van der Waals surface area contributed by atoms with Crippen molar-refractivity contribution in [2.45, 2.75) is 44.6 Å². The zero-order chi connectivity index (χ0) is 13.9. The highest BCUT2D eigenvalue weighted by Gasteiger charge is 2.21. The fraction of sp³-hybridized carbons (Fsp3) is 0.533. The lowest BCUT2D eigenvalue weighted by atomic mass is 9.95. The van der Waals surface area contributed by atoms with Crippen molar-refractivity contribution in [1.29, 1.82) is 5.26 Å². The van der Waals surface area contributed by atoms with Crippen LogP contribution in [0.1, 0.15) is 42.5 Å². The van der Waals surface area contributed by atoms with E-state index in [0.29, 0.717) is 24.3 Å². The molecule has 0 saturated carbocycles. The summed E-state index contributed by atoms with van der Waals surface area (Å²) >= 11 is 0. The van der Waals surface area contributed by atoms with Crippen molar-refractivity contribution in [2.24, 2.45) is 0 Å². The monoisotopic (exact) mass is 270 g/mol. The molecule has 1 aliphatic heterocycles. The number of pyridine rings is 1. The van der Waals surface area contributed by atoms with Gasteiger partial charge in [0.05, 0.1) is 5.56 Å². The fourth-order valence-corrected chi connectivity index (χ4v) is 2.90. The van der Waals surface area contributed by atoms with Gasteiger partial charge in [0.15, 0.2) is 0 Å². The lowest BCUT2D eigenvalue weighted by Crippen LogP contribution is -2.32. The van der Waals surface area contributed by atoms with Crippen LogP contribution in [0, 0.1) is 11.3 Å². The third-order valence-corrected chi connectivity index (χ3v) is 4.02. The molecule has 1 atom stereocenters. The van der Waals surface area contributed by atoms with Gasteiger partial charge < -0.3 is 10.6 Å². The molecule has 0 aromatic carbocycles. The van der Waals surface area contributed by atoms with Gasteiger partial charge in [-0.3, -0.25) is 4.79 Å². The maximum atomic E-state index is 11.2. The molecule has 0 radical (unpaired) electrons.